The number of nitrogens with one attached hydrogen (secondary N) is 1. The largest absolute Gasteiger partial charge is 0.497 e. The molecule has 1 heterocycles. The van der Waals surface area contributed by atoms with Crippen molar-refractivity contribution in [3.63, 3.8) is 0 Å². The minimum absolute atomic E-state index is 0.155. The molecule has 1 amide bonds. The maximum absolute atomic E-state index is 12.2. The number of benzene rings is 1. The van der Waals surface area contributed by atoms with Gasteiger partial charge >= 0.3 is 0 Å². The first-order valence-electron chi connectivity index (χ1n) is 6.09. The number of carbonyl (C=O) groups is 1. The Hall–Kier alpha value is -1.79. The Morgan fingerprint density at radius 2 is 2.21 bits per heavy atom. The molecule has 2 N–H and O–H groups in total. The van der Waals surface area contributed by atoms with Gasteiger partial charge in [0.2, 0.25) is 5.91 Å². The Kier molecular flexibility index (Phi) is 4.24. The molecular formula is C13H18N2O4. The van der Waals surface area contributed by atoms with E-state index < -0.39 is 6.04 Å². The lowest BCUT2D eigenvalue weighted by Crippen LogP contribution is -2.56. The summed E-state index contributed by atoms with van der Waals surface area (Å²) in [7, 11) is 3.13. The van der Waals surface area contributed by atoms with E-state index in [0.717, 1.165) is 0 Å². The monoisotopic (exact) mass is 266 g/mol. The number of carbonyl (C=O) groups excluding carboxylic acids is 1. The first kappa shape index (κ1) is 13.6. The average Bonchev–Trinajstić information content (AvgIpc) is 2.47. The lowest BCUT2D eigenvalue weighted by atomic mass is 10.1. The molecule has 1 aromatic carbocycles. The average molecular weight is 266 g/mol. The van der Waals surface area contributed by atoms with Crippen LogP contribution in [0.3, 0.4) is 0 Å². The van der Waals surface area contributed by atoms with Crippen LogP contribution in [0, 0.1) is 0 Å². The van der Waals surface area contributed by atoms with Gasteiger partial charge in [-0.15, -0.1) is 0 Å². The minimum atomic E-state index is -0.555. The van der Waals surface area contributed by atoms with Gasteiger partial charge in [0.25, 0.3) is 0 Å². The van der Waals surface area contributed by atoms with Crippen molar-refractivity contribution in [2.24, 2.45) is 0 Å². The molecule has 1 saturated heterocycles. The highest BCUT2D eigenvalue weighted by Crippen LogP contribution is 2.32. The van der Waals surface area contributed by atoms with Crippen LogP contribution in [0.2, 0.25) is 0 Å². The van der Waals surface area contributed by atoms with Crippen LogP contribution >= 0.6 is 0 Å². The highest BCUT2D eigenvalue weighted by atomic mass is 16.5. The van der Waals surface area contributed by atoms with Crippen molar-refractivity contribution in [3.8, 4) is 11.5 Å². The molecule has 19 heavy (non-hydrogen) atoms. The van der Waals surface area contributed by atoms with E-state index in [1.165, 1.54) is 0 Å². The summed E-state index contributed by atoms with van der Waals surface area (Å²) >= 11 is 0. The first-order chi connectivity index (χ1) is 9.21. The number of aliphatic hydroxyl groups excluding tert-OH is 1. The Balaban J connectivity index is 2.32. The number of ether oxygens (including phenoxy) is 2. The lowest BCUT2D eigenvalue weighted by molar-refractivity contribution is -0.122. The van der Waals surface area contributed by atoms with Crippen molar-refractivity contribution >= 4 is 11.6 Å². The van der Waals surface area contributed by atoms with Crippen LogP contribution in [0.15, 0.2) is 18.2 Å². The van der Waals surface area contributed by atoms with E-state index in [0.29, 0.717) is 30.3 Å². The standard InChI is InChI=1S/C13H18N2O4/c1-18-9-3-4-11(12(7-9)19-2)15-6-5-14-10(8-16)13(15)17/h3-4,7,10,14,16H,5-6,8H2,1-2H3. The summed E-state index contributed by atoms with van der Waals surface area (Å²) in [5.41, 5.74) is 0.688. The number of aliphatic hydroxyl groups is 1. The molecule has 1 aromatic rings. The SMILES string of the molecule is COc1ccc(N2CCNC(CO)C2=O)c(OC)c1. The second-order valence-electron chi connectivity index (χ2n) is 4.22. The highest BCUT2D eigenvalue weighted by Gasteiger charge is 2.30. The van der Waals surface area contributed by atoms with Crippen molar-refractivity contribution < 1.29 is 19.4 Å². The number of methoxy groups -OCH3 is 2. The number of rotatable bonds is 4. The van der Waals surface area contributed by atoms with E-state index in [-0.39, 0.29) is 12.5 Å². The quantitative estimate of drug-likeness (QED) is 0.803. The number of anilines is 1. The van der Waals surface area contributed by atoms with Crippen LogP contribution in [0.1, 0.15) is 0 Å². The molecule has 0 radical (unpaired) electrons. The van der Waals surface area contributed by atoms with E-state index in [1.54, 1.807) is 37.3 Å². The summed E-state index contributed by atoms with van der Waals surface area (Å²) < 4.78 is 10.4. The third-order valence-corrected chi connectivity index (χ3v) is 3.15. The maximum atomic E-state index is 12.2. The fourth-order valence-electron chi connectivity index (χ4n) is 2.13. The number of nitrogens with zero attached hydrogens (tertiary/aromatic N) is 1. The van der Waals surface area contributed by atoms with Crippen molar-refractivity contribution in [2.45, 2.75) is 6.04 Å². The van der Waals surface area contributed by atoms with Gasteiger partial charge in [-0.05, 0) is 12.1 Å². The predicted octanol–water partition coefficient (Wildman–Crippen LogP) is 0.000900. The molecule has 104 valence electrons. The summed E-state index contributed by atoms with van der Waals surface area (Å²) in [4.78, 5) is 13.8. The Morgan fingerprint density at radius 1 is 1.42 bits per heavy atom. The summed E-state index contributed by atoms with van der Waals surface area (Å²) in [6.07, 6.45) is 0. The summed E-state index contributed by atoms with van der Waals surface area (Å²) in [6.45, 7) is 0.956. The molecule has 0 aromatic heterocycles. The normalized spacial score (nSPS) is 19.4. The smallest absolute Gasteiger partial charge is 0.246 e. The van der Waals surface area contributed by atoms with Crippen LogP contribution in [0.4, 0.5) is 5.69 Å². The topological polar surface area (TPSA) is 71.0 Å². The van der Waals surface area contributed by atoms with Gasteiger partial charge in [0, 0.05) is 19.2 Å². The molecule has 1 aliphatic rings. The molecule has 0 spiro atoms. The molecule has 2 rings (SSSR count). The third kappa shape index (κ3) is 2.64. The highest BCUT2D eigenvalue weighted by molar-refractivity contribution is 5.99. The van der Waals surface area contributed by atoms with Crippen molar-refractivity contribution in [3.05, 3.63) is 18.2 Å². The molecule has 1 atom stereocenters. The van der Waals surface area contributed by atoms with Gasteiger partial charge in [-0.2, -0.15) is 0 Å². The fraction of sp³-hybridized carbons (Fsp3) is 0.462. The van der Waals surface area contributed by atoms with Gasteiger partial charge in [-0.25, -0.2) is 0 Å². The number of piperazine rings is 1. The molecule has 6 nitrogen and oxygen atoms in total. The van der Waals surface area contributed by atoms with E-state index in [9.17, 15) is 9.90 Å². The van der Waals surface area contributed by atoms with Gasteiger partial charge in [-0.1, -0.05) is 0 Å². The second kappa shape index (κ2) is 5.90. The fourth-order valence-corrected chi connectivity index (χ4v) is 2.13. The Morgan fingerprint density at radius 3 is 2.84 bits per heavy atom. The van der Waals surface area contributed by atoms with Gasteiger partial charge < -0.3 is 24.8 Å². The molecule has 0 aliphatic carbocycles. The summed E-state index contributed by atoms with van der Waals surface area (Å²) in [5, 5.41) is 12.1. The van der Waals surface area contributed by atoms with Crippen molar-refractivity contribution in [1.29, 1.82) is 0 Å². The molecule has 6 heteroatoms. The van der Waals surface area contributed by atoms with Crippen LogP contribution in [-0.2, 0) is 4.79 Å². The Labute approximate surface area is 111 Å². The Bertz CT molecular complexity index is 464. The van der Waals surface area contributed by atoms with E-state index in [2.05, 4.69) is 5.32 Å². The minimum Gasteiger partial charge on any atom is -0.497 e. The van der Waals surface area contributed by atoms with Crippen molar-refractivity contribution in [1.82, 2.24) is 5.32 Å². The number of hydrogen-bond acceptors (Lipinski definition) is 5. The van der Waals surface area contributed by atoms with Gasteiger partial charge in [0.15, 0.2) is 0 Å². The van der Waals surface area contributed by atoms with Gasteiger partial charge in [-0.3, -0.25) is 4.79 Å². The molecule has 1 unspecified atom stereocenters. The zero-order valence-corrected chi connectivity index (χ0v) is 11.0. The second-order valence-corrected chi connectivity index (χ2v) is 4.22. The molecule has 0 bridgehead atoms. The van der Waals surface area contributed by atoms with E-state index in [1.807, 2.05) is 0 Å². The van der Waals surface area contributed by atoms with Crippen LogP contribution in [0.5, 0.6) is 11.5 Å². The van der Waals surface area contributed by atoms with Crippen molar-refractivity contribution in [2.75, 3.05) is 38.8 Å². The molecular weight excluding hydrogens is 248 g/mol. The first-order valence-corrected chi connectivity index (χ1v) is 6.09. The van der Waals surface area contributed by atoms with E-state index >= 15 is 0 Å². The molecule has 0 saturated carbocycles. The zero-order chi connectivity index (χ0) is 13.8. The number of amides is 1. The summed E-state index contributed by atoms with van der Waals surface area (Å²) in [5.74, 6) is 1.09. The molecule has 1 fully saturated rings. The molecule has 1 aliphatic heterocycles. The van der Waals surface area contributed by atoms with Gasteiger partial charge in [0.05, 0.1) is 26.5 Å². The third-order valence-electron chi connectivity index (χ3n) is 3.15. The summed E-state index contributed by atoms with van der Waals surface area (Å²) in [6, 6.07) is 4.75. The van der Waals surface area contributed by atoms with Crippen LogP contribution < -0.4 is 19.7 Å². The van der Waals surface area contributed by atoms with Crippen LogP contribution in [0.25, 0.3) is 0 Å². The maximum Gasteiger partial charge on any atom is 0.246 e. The van der Waals surface area contributed by atoms with E-state index in [4.69, 9.17) is 9.47 Å². The number of hydrogen-bond donors (Lipinski definition) is 2. The lowest BCUT2D eigenvalue weighted by Gasteiger charge is -2.33. The predicted molar refractivity (Wildman–Crippen MR) is 70.8 cm³/mol. The van der Waals surface area contributed by atoms with Crippen LogP contribution in [-0.4, -0.2) is 51.0 Å². The zero-order valence-electron chi connectivity index (χ0n) is 11.0. The van der Waals surface area contributed by atoms with Gasteiger partial charge in [0.1, 0.15) is 17.5 Å².